The lowest BCUT2D eigenvalue weighted by atomic mass is 10.2. The predicted octanol–water partition coefficient (Wildman–Crippen LogP) is 2.31. The van der Waals surface area contributed by atoms with Crippen LogP contribution in [0.25, 0.3) is 11.2 Å². The van der Waals surface area contributed by atoms with E-state index in [9.17, 15) is 14.2 Å². The highest BCUT2D eigenvalue weighted by Crippen LogP contribution is 2.44. The second-order valence-electron chi connectivity index (χ2n) is 7.14. The molecule has 3 aromatic rings. The van der Waals surface area contributed by atoms with Gasteiger partial charge in [0, 0.05) is 11.6 Å². The van der Waals surface area contributed by atoms with Gasteiger partial charge in [0.25, 0.3) is 13.1 Å². The Labute approximate surface area is 188 Å². The van der Waals surface area contributed by atoms with Gasteiger partial charge in [-0.1, -0.05) is 23.7 Å². The molecule has 1 unspecified atom stereocenters. The van der Waals surface area contributed by atoms with Gasteiger partial charge in [0.05, 0.1) is 25.6 Å². The van der Waals surface area contributed by atoms with E-state index in [1.807, 2.05) is 0 Å². The first kappa shape index (κ1) is 24.1. The highest BCUT2D eigenvalue weighted by atomic mass is 35.5. The molecule has 2 aromatic heterocycles. The zero-order valence-corrected chi connectivity index (χ0v) is 19.2. The van der Waals surface area contributed by atoms with Gasteiger partial charge in [-0.15, -0.1) is 0 Å². The van der Waals surface area contributed by atoms with Crippen LogP contribution in [0.3, 0.4) is 0 Å². The number of halogens is 1. The molecule has 0 aliphatic heterocycles. The van der Waals surface area contributed by atoms with Crippen molar-refractivity contribution >= 4 is 42.0 Å². The number of carbonyl (C=O) groups excluding carboxylic acids is 1. The minimum absolute atomic E-state index is 0.0218. The molecule has 0 amide bonds. The number of hydrogen-bond donors (Lipinski definition) is 3. The Morgan fingerprint density at radius 1 is 1.44 bits per heavy atom. The number of anilines is 1. The number of ketones is 1. The smallest absolute Gasteiger partial charge is 0.295 e. The number of H-pyrrole nitrogens is 1. The zero-order chi connectivity index (χ0) is 23.3. The molecule has 0 aliphatic rings. The summed E-state index contributed by atoms with van der Waals surface area (Å²) in [6, 6.07) is 6.29. The van der Waals surface area contributed by atoms with Gasteiger partial charge in [-0.3, -0.25) is 19.1 Å². The molecule has 172 valence electrons. The number of aromatic nitrogens is 4. The number of nitrogens with two attached hydrogens (primary N) is 1. The highest BCUT2D eigenvalue weighted by Gasteiger charge is 2.27. The predicted molar refractivity (Wildman–Crippen MR) is 121 cm³/mol. The van der Waals surface area contributed by atoms with Crippen molar-refractivity contribution in [2.45, 2.75) is 33.0 Å². The molecule has 2 atom stereocenters. The van der Waals surface area contributed by atoms with Gasteiger partial charge in [-0.25, -0.2) is 10.1 Å². The maximum Gasteiger partial charge on any atom is 0.295 e. The number of hydrogen-bond acceptors (Lipinski definition) is 8. The van der Waals surface area contributed by atoms with E-state index in [0.717, 1.165) is 5.56 Å². The second-order valence-corrected chi connectivity index (χ2v) is 9.69. The lowest BCUT2D eigenvalue weighted by Crippen LogP contribution is -2.32. The molecule has 11 nitrogen and oxygen atoms in total. The average Bonchev–Trinajstić information content (AvgIpc) is 3.13. The molecule has 32 heavy (non-hydrogen) atoms. The van der Waals surface area contributed by atoms with E-state index in [2.05, 4.69) is 20.0 Å². The standard InChI is InChI=1S/C19H24ClN6O5P/c1-12(13(2)27)25-32(29,31-9-14-4-3-5-15(20)8-14)11-30-7-6-26-10-22-16-17(26)23-19(21)24-18(16)28/h3-5,8,10,12H,6-7,9,11H2,1-2H3,(H,25,29)(H3,21,23,24,28)/t12-,32?/m0/s1. The number of aromatic amines is 1. The zero-order valence-electron chi connectivity index (χ0n) is 17.6. The molecule has 0 saturated heterocycles. The lowest BCUT2D eigenvalue weighted by molar-refractivity contribution is -0.118. The van der Waals surface area contributed by atoms with Crippen LogP contribution in [0.15, 0.2) is 35.4 Å². The first-order chi connectivity index (χ1) is 15.2. The van der Waals surface area contributed by atoms with E-state index in [4.69, 9.17) is 26.6 Å². The summed E-state index contributed by atoms with van der Waals surface area (Å²) < 4.78 is 26.2. The number of nitrogens with zero attached hydrogens (tertiary/aromatic N) is 3. The van der Waals surface area contributed by atoms with Crippen molar-refractivity contribution in [2.24, 2.45) is 0 Å². The monoisotopic (exact) mass is 482 g/mol. The third-order valence-corrected chi connectivity index (χ3v) is 6.64. The molecule has 0 radical (unpaired) electrons. The van der Waals surface area contributed by atoms with Gasteiger partial charge >= 0.3 is 0 Å². The number of nitrogen functional groups attached to an aromatic ring is 1. The van der Waals surface area contributed by atoms with Crippen LogP contribution in [0, 0.1) is 0 Å². The maximum absolute atomic E-state index is 13.3. The molecule has 2 heterocycles. The van der Waals surface area contributed by atoms with Gasteiger partial charge in [0.2, 0.25) is 5.95 Å². The minimum Gasteiger partial charge on any atom is -0.369 e. The van der Waals surface area contributed by atoms with Crippen LogP contribution in [0.5, 0.6) is 0 Å². The van der Waals surface area contributed by atoms with Gasteiger partial charge in [-0.05, 0) is 31.5 Å². The van der Waals surface area contributed by atoms with Crippen LogP contribution >= 0.6 is 19.1 Å². The van der Waals surface area contributed by atoms with Crippen molar-refractivity contribution in [1.29, 1.82) is 0 Å². The Morgan fingerprint density at radius 3 is 2.94 bits per heavy atom. The molecule has 0 bridgehead atoms. The van der Waals surface area contributed by atoms with E-state index in [0.29, 0.717) is 10.7 Å². The average molecular weight is 483 g/mol. The molecule has 4 N–H and O–H groups in total. The van der Waals surface area contributed by atoms with Crippen LogP contribution in [-0.2, 0) is 31.8 Å². The topological polar surface area (TPSA) is 154 Å². The quantitative estimate of drug-likeness (QED) is 0.276. The Bertz CT molecular complexity index is 1210. The summed E-state index contributed by atoms with van der Waals surface area (Å²) in [5, 5.41) is 3.28. The number of nitrogens with one attached hydrogen (secondary N) is 2. The van der Waals surface area contributed by atoms with Gasteiger partial charge < -0.3 is 19.6 Å². The number of imidazole rings is 1. The first-order valence-electron chi connectivity index (χ1n) is 9.71. The fraction of sp³-hybridized carbons (Fsp3) is 0.368. The molecule has 3 rings (SSSR count). The van der Waals surface area contributed by atoms with Gasteiger partial charge in [-0.2, -0.15) is 4.98 Å². The SMILES string of the molecule is CC(=O)[C@H](C)NP(=O)(COCCn1cnc2c(=O)[nH]c(N)nc21)OCc1cccc(Cl)c1. The second kappa shape index (κ2) is 10.4. The number of fused-ring (bicyclic) bond motifs is 1. The van der Waals surface area contributed by atoms with E-state index in [-0.39, 0.29) is 43.4 Å². The van der Waals surface area contributed by atoms with Crippen molar-refractivity contribution in [3.8, 4) is 0 Å². The van der Waals surface area contributed by atoms with Crippen LogP contribution in [0.1, 0.15) is 19.4 Å². The summed E-state index contributed by atoms with van der Waals surface area (Å²) in [7, 11) is -3.53. The Balaban J connectivity index is 1.63. The molecule has 0 fully saturated rings. The van der Waals surface area contributed by atoms with Crippen molar-refractivity contribution in [3.63, 3.8) is 0 Å². The number of ether oxygens (including phenoxy) is 1. The maximum atomic E-state index is 13.3. The summed E-state index contributed by atoms with van der Waals surface area (Å²) in [4.78, 5) is 34.0. The summed E-state index contributed by atoms with van der Waals surface area (Å²) in [6.45, 7) is 3.42. The Morgan fingerprint density at radius 2 is 2.22 bits per heavy atom. The number of carbonyl (C=O) groups is 1. The van der Waals surface area contributed by atoms with Crippen LogP contribution in [0.2, 0.25) is 5.02 Å². The normalized spacial score (nSPS) is 14.3. The molecule has 1 aromatic carbocycles. The van der Waals surface area contributed by atoms with E-state index >= 15 is 0 Å². The van der Waals surface area contributed by atoms with E-state index < -0.39 is 19.1 Å². The molecule has 0 spiro atoms. The highest BCUT2D eigenvalue weighted by molar-refractivity contribution is 7.56. The summed E-state index contributed by atoms with van der Waals surface area (Å²) in [5.41, 5.74) is 6.36. The molecule has 0 saturated carbocycles. The molecule has 0 aliphatic carbocycles. The van der Waals surface area contributed by atoms with E-state index in [1.54, 1.807) is 35.8 Å². The van der Waals surface area contributed by atoms with Crippen LogP contribution in [-0.4, -0.2) is 44.3 Å². The molecule has 13 heteroatoms. The van der Waals surface area contributed by atoms with Crippen molar-refractivity contribution in [1.82, 2.24) is 24.6 Å². The van der Waals surface area contributed by atoms with Crippen molar-refractivity contribution < 1.29 is 18.6 Å². The number of rotatable bonds is 11. The van der Waals surface area contributed by atoms with Gasteiger partial charge in [0.15, 0.2) is 11.2 Å². The fourth-order valence-electron chi connectivity index (χ4n) is 2.79. The lowest BCUT2D eigenvalue weighted by Gasteiger charge is -2.22. The Hall–Kier alpha value is -2.56. The van der Waals surface area contributed by atoms with Crippen molar-refractivity contribution in [2.75, 3.05) is 18.7 Å². The molecular weight excluding hydrogens is 459 g/mol. The van der Waals surface area contributed by atoms with Crippen molar-refractivity contribution in [3.05, 3.63) is 51.5 Å². The van der Waals surface area contributed by atoms with E-state index in [1.165, 1.54) is 13.3 Å². The van der Waals surface area contributed by atoms with Crippen LogP contribution in [0.4, 0.5) is 5.95 Å². The largest absolute Gasteiger partial charge is 0.369 e. The third-order valence-electron chi connectivity index (χ3n) is 4.56. The Kier molecular flexibility index (Phi) is 7.81. The summed E-state index contributed by atoms with van der Waals surface area (Å²) >= 11 is 5.98. The summed E-state index contributed by atoms with van der Waals surface area (Å²) in [6.07, 6.45) is 1.18. The number of benzene rings is 1. The third kappa shape index (κ3) is 6.24. The first-order valence-corrected chi connectivity index (χ1v) is 11.9. The molecular formula is C19H24ClN6O5P. The number of Topliss-reactive ketones (excluding diaryl/α,β-unsaturated/α-hetero) is 1. The minimum atomic E-state index is -3.53. The fourth-order valence-corrected chi connectivity index (χ4v) is 4.72. The summed E-state index contributed by atoms with van der Waals surface area (Å²) in [5.74, 6) is -0.207. The van der Waals surface area contributed by atoms with Gasteiger partial charge in [0.1, 0.15) is 12.1 Å². The van der Waals surface area contributed by atoms with Crippen LogP contribution < -0.4 is 16.4 Å².